The molecule has 6 atom stereocenters. The third kappa shape index (κ3) is 9.36. The van der Waals surface area contributed by atoms with E-state index in [9.17, 15) is 25.1 Å². The summed E-state index contributed by atoms with van der Waals surface area (Å²) in [6, 6.07) is 39.2. The molecule has 0 spiro atoms. The average Bonchev–Trinajstić information content (AvgIpc) is 3.36. The van der Waals surface area contributed by atoms with Crippen molar-refractivity contribution >= 4 is 38.9 Å². The molecule has 1 aliphatic heterocycles. The van der Waals surface area contributed by atoms with Gasteiger partial charge in [-0.3, -0.25) is 14.9 Å². The highest BCUT2D eigenvalue weighted by Gasteiger charge is 2.65. The summed E-state index contributed by atoms with van der Waals surface area (Å²) >= 11 is 0. The van der Waals surface area contributed by atoms with Crippen LogP contribution in [-0.2, 0) is 16.2 Å². The Morgan fingerprint density at radius 1 is 0.853 bits per heavy atom. The zero-order valence-corrected chi connectivity index (χ0v) is 38.2. The number of rotatable bonds is 19. The van der Waals surface area contributed by atoms with Crippen LogP contribution in [0.3, 0.4) is 0 Å². The predicted molar refractivity (Wildman–Crippen MR) is 263 cm³/mol. The molecule has 6 aromatic carbocycles. The van der Waals surface area contributed by atoms with E-state index in [1.54, 1.807) is 30.2 Å². The van der Waals surface area contributed by atoms with Crippen molar-refractivity contribution in [2.45, 2.75) is 69.3 Å². The molecule has 6 aromatic rings. The maximum atomic E-state index is 15.0. The van der Waals surface area contributed by atoms with Crippen molar-refractivity contribution in [3.05, 3.63) is 179 Å². The molecule has 2 aliphatic carbocycles. The Hall–Kier alpha value is -6.86. The number of aliphatic hydroxyl groups excluding tert-OH is 2. The van der Waals surface area contributed by atoms with Gasteiger partial charge < -0.3 is 34.2 Å². The minimum absolute atomic E-state index is 0.0155. The van der Waals surface area contributed by atoms with Gasteiger partial charge in [0.15, 0.2) is 0 Å². The summed E-state index contributed by atoms with van der Waals surface area (Å²) in [6.45, 7) is 4.38. The largest absolute Gasteiger partial charge is 0.459 e. The van der Waals surface area contributed by atoms with Crippen molar-refractivity contribution in [1.29, 1.82) is 0 Å². The Balaban J connectivity index is 1.20. The Morgan fingerprint density at radius 3 is 2.22 bits per heavy atom. The maximum absolute atomic E-state index is 15.0. The minimum Gasteiger partial charge on any atom is -0.459 e. The number of carbonyl (C=O) groups excluding carboxylic acids is 1. The van der Waals surface area contributed by atoms with Gasteiger partial charge in [0.05, 0.1) is 23.2 Å². The molecule has 3 aliphatic rings. The number of allylic oxidation sites excluding steroid dienone is 1. The molecule has 0 radical (unpaired) electrons. The molecule has 0 saturated heterocycles. The minimum atomic E-state index is -1.44. The van der Waals surface area contributed by atoms with Gasteiger partial charge in [0.2, 0.25) is 5.79 Å². The smallest absolute Gasteiger partial charge is 0.269 e. The standard InChI is InChI=1S/C56H57N3O9/c1-3-30-65-56-52(58(2)55(62)43-21-20-38-12-4-6-14-40(38)31-43)35-50(57-66-36-37-18-23-44(24-19-37)59(63)64)48-33-42(16-8-10-28-60)47(17-9-11-29-61)53(54(48)56)49-34-46(26-27-51(49)68-56)67-45-25-22-39-13-5-7-15-41(39)32-45/h3-7,12-15,18-27,31-34,42,47,52-54,60-61H,1,8-11,16-17,28-30,35-36H2,2H3. The molecule has 2 N–H and O–H groups in total. The van der Waals surface area contributed by atoms with E-state index in [4.69, 9.17) is 24.2 Å². The van der Waals surface area contributed by atoms with Gasteiger partial charge in [-0.1, -0.05) is 90.8 Å². The van der Waals surface area contributed by atoms with E-state index in [2.05, 4.69) is 30.9 Å². The predicted octanol–water partition coefficient (Wildman–Crippen LogP) is 11.3. The topological polar surface area (TPSA) is 153 Å². The van der Waals surface area contributed by atoms with Gasteiger partial charge in [0.1, 0.15) is 29.9 Å². The summed E-state index contributed by atoms with van der Waals surface area (Å²) in [7, 11) is 1.79. The molecular formula is C56H57N3O9. The first kappa shape index (κ1) is 46.3. The second-order valence-corrected chi connectivity index (χ2v) is 18.1. The molecule has 0 bridgehead atoms. The number of oxime groups is 1. The number of nitro benzene ring substituents is 1. The lowest BCUT2D eigenvalue weighted by molar-refractivity contribution is -0.384. The van der Waals surface area contributed by atoms with Crippen LogP contribution in [0.15, 0.2) is 157 Å². The third-order valence-electron chi connectivity index (χ3n) is 13.9. The number of amides is 1. The molecule has 6 unspecified atom stereocenters. The molecule has 0 aromatic heterocycles. The number of non-ortho nitro benzene ring substituents is 1. The summed E-state index contributed by atoms with van der Waals surface area (Å²) < 4.78 is 21.1. The molecular weight excluding hydrogens is 859 g/mol. The second-order valence-electron chi connectivity index (χ2n) is 18.1. The van der Waals surface area contributed by atoms with E-state index in [0.717, 1.165) is 58.4 Å². The van der Waals surface area contributed by atoms with Crippen molar-refractivity contribution in [3.8, 4) is 17.2 Å². The number of nitrogens with zero attached hydrogens (tertiary/aromatic N) is 3. The summed E-state index contributed by atoms with van der Waals surface area (Å²) in [5, 5.41) is 40.5. The first-order valence-corrected chi connectivity index (χ1v) is 23.6. The SMILES string of the molecule is C=CCOC12Oc3ccc(Oc4ccc5ccccc5c4)cc3C3C(CCCCO)C(CCCCO)C=C(C(=NOCc4ccc([N+](=O)[O-])cc4)CC1N(C)C(=O)c1ccc4ccccc4c1)C32. The molecule has 1 amide bonds. The number of carbonyl (C=O) groups is 1. The van der Waals surface area contributed by atoms with Gasteiger partial charge in [-0.25, -0.2) is 0 Å². The van der Waals surface area contributed by atoms with Crippen LogP contribution in [-0.4, -0.2) is 70.4 Å². The lowest BCUT2D eigenvalue weighted by atomic mass is 9.55. The zero-order valence-electron chi connectivity index (χ0n) is 38.2. The summed E-state index contributed by atoms with van der Waals surface area (Å²) in [5.74, 6) is -0.443. The molecule has 12 heteroatoms. The Labute approximate surface area is 396 Å². The quantitative estimate of drug-likeness (QED) is 0.0350. The van der Waals surface area contributed by atoms with Crippen LogP contribution < -0.4 is 9.47 Å². The average molecular weight is 916 g/mol. The second kappa shape index (κ2) is 20.6. The lowest BCUT2D eigenvalue weighted by Gasteiger charge is -2.59. The number of nitro groups is 1. The van der Waals surface area contributed by atoms with Crippen LogP contribution in [0.25, 0.3) is 21.5 Å². The van der Waals surface area contributed by atoms with E-state index in [1.807, 2.05) is 84.9 Å². The van der Waals surface area contributed by atoms with Crippen LogP contribution in [0.4, 0.5) is 5.69 Å². The summed E-state index contributed by atoms with van der Waals surface area (Å²) in [4.78, 5) is 33.9. The van der Waals surface area contributed by atoms with Crippen LogP contribution in [0, 0.1) is 27.9 Å². The highest BCUT2D eigenvalue weighted by molar-refractivity contribution is 6.04. The van der Waals surface area contributed by atoms with E-state index >= 15 is 0 Å². The number of aliphatic hydroxyl groups is 2. The summed E-state index contributed by atoms with van der Waals surface area (Å²) in [5.41, 5.74) is 3.66. The first-order chi connectivity index (χ1) is 33.2. The normalized spacial score (nSPS) is 22.1. The Morgan fingerprint density at radius 2 is 1.51 bits per heavy atom. The molecule has 12 nitrogen and oxygen atoms in total. The lowest BCUT2D eigenvalue weighted by Crippen LogP contribution is -2.69. The Bertz CT molecular complexity index is 2860. The molecule has 1 fully saturated rings. The van der Waals surface area contributed by atoms with Crippen molar-refractivity contribution < 1.29 is 39.0 Å². The fourth-order valence-electron chi connectivity index (χ4n) is 10.7. The third-order valence-corrected chi connectivity index (χ3v) is 13.9. The highest BCUT2D eigenvalue weighted by Crippen LogP contribution is 2.62. The monoisotopic (exact) mass is 915 g/mol. The summed E-state index contributed by atoms with van der Waals surface area (Å²) in [6.07, 6.45) is 8.63. The maximum Gasteiger partial charge on any atom is 0.269 e. The van der Waals surface area contributed by atoms with E-state index in [-0.39, 0.29) is 62.2 Å². The number of unbranched alkanes of at least 4 members (excludes halogenated alkanes) is 2. The van der Waals surface area contributed by atoms with E-state index < -0.39 is 22.7 Å². The molecule has 350 valence electrons. The fourth-order valence-corrected chi connectivity index (χ4v) is 10.7. The van der Waals surface area contributed by atoms with Gasteiger partial charge in [0.25, 0.3) is 11.6 Å². The number of likely N-dealkylation sites (N-methyl/N-ethyl adjacent to an activating group) is 1. The molecule has 1 heterocycles. The van der Waals surface area contributed by atoms with Gasteiger partial charge in [-0.15, -0.1) is 6.58 Å². The van der Waals surface area contributed by atoms with Crippen molar-refractivity contribution in [1.82, 2.24) is 4.90 Å². The van der Waals surface area contributed by atoms with E-state index in [1.165, 1.54) is 12.1 Å². The molecule has 1 saturated carbocycles. The van der Waals surface area contributed by atoms with Gasteiger partial charge >= 0.3 is 0 Å². The van der Waals surface area contributed by atoms with Gasteiger partial charge in [-0.2, -0.15) is 0 Å². The molecule has 9 rings (SSSR count). The first-order valence-electron chi connectivity index (χ1n) is 23.6. The number of hydrogen-bond acceptors (Lipinski definition) is 10. The van der Waals surface area contributed by atoms with E-state index in [0.29, 0.717) is 46.9 Å². The van der Waals surface area contributed by atoms with Crippen LogP contribution in [0.2, 0.25) is 0 Å². The van der Waals surface area contributed by atoms with Crippen LogP contribution in [0.5, 0.6) is 17.2 Å². The van der Waals surface area contributed by atoms with Gasteiger partial charge in [0, 0.05) is 55.9 Å². The number of hydrogen-bond donors (Lipinski definition) is 2. The fraction of sp³-hybridized carbons (Fsp3) is 0.321. The highest BCUT2D eigenvalue weighted by atomic mass is 16.7. The van der Waals surface area contributed by atoms with Crippen LogP contribution >= 0.6 is 0 Å². The zero-order chi connectivity index (χ0) is 47.2. The van der Waals surface area contributed by atoms with Crippen molar-refractivity contribution in [2.75, 3.05) is 26.9 Å². The van der Waals surface area contributed by atoms with Crippen LogP contribution in [0.1, 0.15) is 72.3 Å². The molecule has 68 heavy (non-hydrogen) atoms. The van der Waals surface area contributed by atoms with Crippen molar-refractivity contribution in [2.24, 2.45) is 22.9 Å². The van der Waals surface area contributed by atoms with Crippen molar-refractivity contribution in [3.63, 3.8) is 0 Å². The Kier molecular flexibility index (Phi) is 14.0. The van der Waals surface area contributed by atoms with Gasteiger partial charge in [-0.05, 0) is 125 Å². The number of benzene rings is 6. The number of ether oxygens (including phenoxy) is 3. The number of fused-ring (bicyclic) bond motifs is 4.